The molecule has 0 aliphatic rings. The van der Waals surface area contributed by atoms with Crippen LogP contribution >= 0.6 is 23.2 Å². The van der Waals surface area contributed by atoms with Crippen LogP contribution in [0.25, 0.3) is 0 Å². The number of hydrogen-bond acceptors (Lipinski definition) is 2. The van der Waals surface area contributed by atoms with E-state index in [-0.39, 0.29) is 40.3 Å². The van der Waals surface area contributed by atoms with E-state index in [0.29, 0.717) is 10.8 Å². The molecule has 0 amide bonds. The van der Waals surface area contributed by atoms with E-state index in [1.807, 2.05) is 6.07 Å². The van der Waals surface area contributed by atoms with E-state index in [9.17, 15) is 0 Å². The predicted octanol–water partition coefficient (Wildman–Crippen LogP) is 3.44. The molecule has 2 aromatic rings. The third-order valence-corrected chi connectivity index (χ3v) is 2.20. The molecule has 0 aromatic heterocycles. The van der Waals surface area contributed by atoms with Crippen molar-refractivity contribution in [3.63, 3.8) is 0 Å². The second-order valence-electron chi connectivity index (χ2n) is 2.93. The van der Waals surface area contributed by atoms with Gasteiger partial charge in [0.15, 0.2) is 0 Å². The van der Waals surface area contributed by atoms with Crippen molar-refractivity contribution in [3.05, 3.63) is 58.6 Å². The number of hydrogen-bond donors (Lipinski definition) is 2. The van der Waals surface area contributed by atoms with E-state index in [1.54, 1.807) is 30.3 Å². The van der Waals surface area contributed by atoms with E-state index in [4.69, 9.17) is 33.4 Å². The average molecular weight is 281 g/mol. The summed E-state index contributed by atoms with van der Waals surface area (Å²) in [4.78, 5) is 0. The minimum absolute atomic E-state index is 0. The summed E-state index contributed by atoms with van der Waals surface area (Å²) in [6, 6.07) is 13.2. The molecule has 2 aromatic carbocycles. The van der Waals surface area contributed by atoms with Crippen LogP contribution in [0, 0.1) is 0 Å². The molecule has 0 fully saturated rings. The maximum absolute atomic E-state index is 8.85. The Hall–Kier alpha value is -0.380. The molecule has 5 heteroatoms. The monoisotopic (exact) mass is 280 g/mol. The molecular formula is C12H11Cl2NaO2. The van der Waals surface area contributed by atoms with Crippen LogP contribution in [0.15, 0.2) is 48.5 Å². The molecule has 86 valence electrons. The van der Waals surface area contributed by atoms with Crippen molar-refractivity contribution in [2.24, 2.45) is 0 Å². The van der Waals surface area contributed by atoms with Crippen LogP contribution in [0.4, 0.5) is 0 Å². The normalized spacial score (nSPS) is 8.59. The summed E-state index contributed by atoms with van der Waals surface area (Å²) in [5, 5.41) is 18.3. The Morgan fingerprint density at radius 2 is 1.41 bits per heavy atom. The van der Waals surface area contributed by atoms with Crippen LogP contribution in [-0.2, 0) is 0 Å². The maximum atomic E-state index is 8.85. The molecule has 0 radical (unpaired) electrons. The van der Waals surface area contributed by atoms with E-state index >= 15 is 0 Å². The van der Waals surface area contributed by atoms with Gasteiger partial charge in [0, 0.05) is 5.02 Å². The van der Waals surface area contributed by atoms with Crippen LogP contribution in [0.1, 0.15) is 0 Å². The molecule has 0 spiro atoms. The zero-order chi connectivity index (χ0) is 12.0. The standard InChI is InChI=1S/C6H4Cl2O.C6H6O.Na.H/c7-4-1-2-6(9)5(8)3-4;7-6-4-2-1-3-5-6;;/h1-3,9H;1-5,7H;;. The summed E-state index contributed by atoms with van der Waals surface area (Å²) in [5.41, 5.74) is 0. The second kappa shape index (κ2) is 8.67. The van der Waals surface area contributed by atoms with Crippen molar-refractivity contribution in [2.75, 3.05) is 0 Å². The number of halogens is 2. The van der Waals surface area contributed by atoms with Crippen molar-refractivity contribution in [2.45, 2.75) is 0 Å². The average Bonchev–Trinajstić information content (AvgIpc) is 2.26. The van der Waals surface area contributed by atoms with Crippen LogP contribution in [0.3, 0.4) is 0 Å². The number of phenols is 2. The predicted molar refractivity (Wildman–Crippen MR) is 73.4 cm³/mol. The Kier molecular flexibility index (Phi) is 8.48. The van der Waals surface area contributed by atoms with Gasteiger partial charge >= 0.3 is 29.6 Å². The molecule has 0 saturated heterocycles. The molecular weight excluding hydrogens is 270 g/mol. The van der Waals surface area contributed by atoms with Crippen LogP contribution in [0.5, 0.6) is 11.5 Å². The van der Waals surface area contributed by atoms with Crippen LogP contribution in [-0.4, -0.2) is 39.8 Å². The molecule has 17 heavy (non-hydrogen) atoms. The van der Waals surface area contributed by atoms with Gasteiger partial charge in [-0.3, -0.25) is 0 Å². The van der Waals surface area contributed by atoms with Crippen molar-refractivity contribution in [3.8, 4) is 11.5 Å². The van der Waals surface area contributed by atoms with Gasteiger partial charge in [-0.2, -0.15) is 0 Å². The third kappa shape index (κ3) is 6.81. The molecule has 0 saturated carbocycles. The van der Waals surface area contributed by atoms with Crippen molar-refractivity contribution >= 4 is 52.8 Å². The van der Waals surface area contributed by atoms with Crippen molar-refractivity contribution in [1.29, 1.82) is 0 Å². The Balaban J connectivity index is 0.000000292. The van der Waals surface area contributed by atoms with Gasteiger partial charge in [-0.05, 0) is 30.3 Å². The van der Waals surface area contributed by atoms with E-state index in [1.165, 1.54) is 12.1 Å². The SMILES string of the molecule is Oc1ccc(Cl)cc1Cl.Oc1ccccc1.[NaH]. The van der Waals surface area contributed by atoms with E-state index < -0.39 is 0 Å². The summed E-state index contributed by atoms with van der Waals surface area (Å²) in [6.45, 7) is 0. The number of aromatic hydroxyl groups is 2. The molecule has 0 atom stereocenters. The Labute approximate surface area is 132 Å². The zero-order valence-corrected chi connectivity index (χ0v) is 9.78. The topological polar surface area (TPSA) is 40.5 Å². The van der Waals surface area contributed by atoms with Gasteiger partial charge in [0.25, 0.3) is 0 Å². The summed E-state index contributed by atoms with van der Waals surface area (Å²) in [6.07, 6.45) is 0. The fourth-order valence-electron chi connectivity index (χ4n) is 0.909. The van der Waals surface area contributed by atoms with Gasteiger partial charge in [-0.1, -0.05) is 41.4 Å². The zero-order valence-electron chi connectivity index (χ0n) is 8.27. The first kappa shape index (κ1) is 16.6. The van der Waals surface area contributed by atoms with Crippen molar-refractivity contribution in [1.82, 2.24) is 0 Å². The minimum atomic E-state index is 0. The van der Waals surface area contributed by atoms with Crippen LogP contribution in [0.2, 0.25) is 10.0 Å². The Bertz CT molecular complexity index is 450. The number of para-hydroxylation sites is 1. The third-order valence-electron chi connectivity index (χ3n) is 1.67. The first-order valence-electron chi connectivity index (χ1n) is 4.47. The summed E-state index contributed by atoms with van der Waals surface area (Å²) in [7, 11) is 0. The quantitative estimate of drug-likeness (QED) is 0.726. The Morgan fingerprint density at radius 3 is 1.76 bits per heavy atom. The molecule has 0 bridgehead atoms. The first-order valence-corrected chi connectivity index (χ1v) is 5.23. The molecule has 0 unspecified atom stereocenters. The number of benzene rings is 2. The summed E-state index contributed by atoms with van der Waals surface area (Å²) < 4.78 is 0. The molecule has 2 nitrogen and oxygen atoms in total. The molecule has 2 N–H and O–H groups in total. The van der Waals surface area contributed by atoms with Crippen molar-refractivity contribution < 1.29 is 10.2 Å². The van der Waals surface area contributed by atoms with E-state index in [0.717, 1.165) is 0 Å². The van der Waals surface area contributed by atoms with Gasteiger partial charge in [0.1, 0.15) is 11.5 Å². The molecule has 0 heterocycles. The Morgan fingerprint density at radius 1 is 0.824 bits per heavy atom. The first-order chi connectivity index (χ1) is 7.59. The molecule has 2 rings (SSSR count). The fourth-order valence-corrected chi connectivity index (χ4v) is 1.32. The van der Waals surface area contributed by atoms with Gasteiger partial charge in [-0.15, -0.1) is 0 Å². The summed E-state index contributed by atoms with van der Waals surface area (Å²) >= 11 is 11.0. The second-order valence-corrected chi connectivity index (χ2v) is 3.77. The van der Waals surface area contributed by atoms with E-state index in [2.05, 4.69) is 0 Å². The van der Waals surface area contributed by atoms with Gasteiger partial charge in [-0.25, -0.2) is 0 Å². The van der Waals surface area contributed by atoms with Gasteiger partial charge in [0.2, 0.25) is 0 Å². The molecule has 0 aliphatic carbocycles. The summed E-state index contributed by atoms with van der Waals surface area (Å²) in [5.74, 6) is 0.378. The van der Waals surface area contributed by atoms with Crippen LogP contribution < -0.4 is 0 Å². The van der Waals surface area contributed by atoms with Gasteiger partial charge < -0.3 is 10.2 Å². The molecule has 0 aliphatic heterocycles. The fraction of sp³-hybridized carbons (Fsp3) is 0. The number of phenolic OH excluding ortho intramolecular Hbond substituents is 2. The number of rotatable bonds is 0. The van der Waals surface area contributed by atoms with Gasteiger partial charge in [0.05, 0.1) is 5.02 Å².